The maximum absolute atomic E-state index is 11.3. The molecule has 0 rings (SSSR count). The molecule has 0 aromatic carbocycles. The van der Waals surface area contributed by atoms with E-state index in [9.17, 15) is 14.4 Å². The van der Waals surface area contributed by atoms with Crippen LogP contribution in [0.15, 0.2) is 0 Å². The first-order valence-corrected chi connectivity index (χ1v) is 9.65. The third-order valence-corrected chi connectivity index (χ3v) is 3.80. The number of aliphatic carboxylic acids is 1. The highest BCUT2D eigenvalue weighted by molar-refractivity contribution is 6.32. The number of hydrogen-bond acceptors (Lipinski definition) is 6. The number of carboxylic acids is 1. The predicted octanol–water partition coefficient (Wildman–Crippen LogP) is 3.14. The van der Waals surface area contributed by atoms with Crippen molar-refractivity contribution in [3.8, 4) is 0 Å². The molecule has 0 aromatic rings. The van der Waals surface area contributed by atoms with Gasteiger partial charge in [-0.1, -0.05) is 51.9 Å². The summed E-state index contributed by atoms with van der Waals surface area (Å²) in [6.45, 7) is 4.24. The van der Waals surface area contributed by atoms with E-state index in [1.807, 2.05) is 0 Å². The lowest BCUT2D eigenvalue weighted by atomic mass is 10.1. The minimum Gasteiger partial charge on any atom is -0.476 e. The number of Topliss-reactive ketones (excluding diaryl/α,β-unsaturated/α-hetero) is 1. The maximum atomic E-state index is 11.3. The zero-order valence-electron chi connectivity index (χ0n) is 16.0. The number of ether oxygens (including phenoxy) is 3. The molecular weight excluding hydrogens is 340 g/mol. The summed E-state index contributed by atoms with van der Waals surface area (Å²) in [5, 5.41) is 8.38. The number of carbonyl (C=O) groups excluding carboxylic acids is 2. The molecule has 0 amide bonds. The van der Waals surface area contributed by atoms with E-state index < -0.39 is 17.7 Å². The lowest BCUT2D eigenvalue weighted by Crippen LogP contribution is -2.17. The van der Waals surface area contributed by atoms with Crippen molar-refractivity contribution in [2.75, 3.05) is 33.0 Å². The first-order valence-electron chi connectivity index (χ1n) is 9.65. The van der Waals surface area contributed by atoms with E-state index in [1.54, 1.807) is 0 Å². The second-order valence-corrected chi connectivity index (χ2v) is 6.15. The first kappa shape index (κ1) is 24.5. The Kier molecular flexibility index (Phi) is 17.3. The summed E-state index contributed by atoms with van der Waals surface area (Å²) >= 11 is 0. The van der Waals surface area contributed by atoms with Crippen LogP contribution < -0.4 is 0 Å². The van der Waals surface area contributed by atoms with Crippen LogP contribution in [-0.2, 0) is 28.6 Å². The van der Waals surface area contributed by atoms with Crippen LogP contribution in [0.25, 0.3) is 0 Å². The molecule has 0 aliphatic carbocycles. The van der Waals surface area contributed by atoms with Gasteiger partial charge in [0.25, 0.3) is 0 Å². The largest absolute Gasteiger partial charge is 0.476 e. The highest BCUT2D eigenvalue weighted by Crippen LogP contribution is 2.08. The van der Waals surface area contributed by atoms with E-state index >= 15 is 0 Å². The third-order valence-electron chi connectivity index (χ3n) is 3.80. The van der Waals surface area contributed by atoms with Gasteiger partial charge < -0.3 is 19.3 Å². The van der Waals surface area contributed by atoms with Crippen molar-refractivity contribution in [2.24, 2.45) is 0 Å². The quantitative estimate of drug-likeness (QED) is 0.211. The lowest BCUT2D eigenvalue weighted by Gasteiger charge is -2.07. The van der Waals surface area contributed by atoms with E-state index in [0.717, 1.165) is 13.0 Å². The fourth-order valence-corrected chi connectivity index (χ4v) is 2.27. The Morgan fingerprint density at radius 3 is 1.85 bits per heavy atom. The molecule has 0 saturated carbocycles. The lowest BCUT2D eigenvalue weighted by molar-refractivity contribution is -0.151. The molecule has 0 radical (unpaired) electrons. The fourth-order valence-electron chi connectivity index (χ4n) is 2.27. The van der Waals surface area contributed by atoms with Crippen molar-refractivity contribution in [1.29, 1.82) is 0 Å². The third kappa shape index (κ3) is 17.4. The monoisotopic (exact) mass is 374 g/mol. The summed E-state index contributed by atoms with van der Waals surface area (Å²) in [6.07, 6.45) is 9.59. The average Bonchev–Trinajstić information content (AvgIpc) is 2.62. The molecule has 0 atom stereocenters. The highest BCUT2D eigenvalue weighted by atomic mass is 16.6. The summed E-state index contributed by atoms with van der Waals surface area (Å²) in [6, 6.07) is 0. The second-order valence-electron chi connectivity index (χ2n) is 6.15. The molecule has 152 valence electrons. The average molecular weight is 374 g/mol. The SMILES string of the molecule is CCCCCCCCCCOCCOCCOC(=O)CCC(=O)C(=O)O. The van der Waals surface area contributed by atoms with Crippen LogP contribution in [0.1, 0.15) is 71.1 Å². The molecule has 0 spiro atoms. The zero-order chi connectivity index (χ0) is 19.5. The number of ketones is 1. The standard InChI is InChI=1S/C19H34O7/c1-2-3-4-5-6-7-8-9-12-24-13-14-25-15-16-26-18(21)11-10-17(20)19(22)23/h2-16H2,1H3,(H,22,23). The molecule has 0 aliphatic rings. The molecule has 1 N–H and O–H groups in total. The minimum absolute atomic E-state index is 0.0815. The van der Waals surface area contributed by atoms with Crippen LogP contribution in [0.5, 0.6) is 0 Å². The Morgan fingerprint density at radius 1 is 0.692 bits per heavy atom. The Labute approximate surface area is 156 Å². The summed E-state index contributed by atoms with van der Waals surface area (Å²) in [5.74, 6) is -3.13. The van der Waals surface area contributed by atoms with Crippen molar-refractivity contribution in [3.05, 3.63) is 0 Å². The van der Waals surface area contributed by atoms with Crippen LogP contribution >= 0.6 is 0 Å². The van der Waals surface area contributed by atoms with Crippen LogP contribution in [0, 0.1) is 0 Å². The number of carboxylic acid groups (broad SMARTS) is 1. The molecule has 26 heavy (non-hydrogen) atoms. The van der Waals surface area contributed by atoms with Crippen LogP contribution in [-0.4, -0.2) is 55.9 Å². The number of rotatable bonds is 19. The van der Waals surface area contributed by atoms with Gasteiger partial charge in [0.05, 0.1) is 26.2 Å². The molecule has 0 unspecified atom stereocenters. The Morgan fingerprint density at radius 2 is 1.23 bits per heavy atom. The fraction of sp³-hybridized carbons (Fsp3) is 0.842. The maximum Gasteiger partial charge on any atom is 0.372 e. The molecule has 0 bridgehead atoms. The van der Waals surface area contributed by atoms with Crippen molar-refractivity contribution in [1.82, 2.24) is 0 Å². The molecule has 7 heteroatoms. The Hall–Kier alpha value is -1.47. The second kappa shape index (κ2) is 18.3. The van der Waals surface area contributed by atoms with Crippen molar-refractivity contribution in [3.63, 3.8) is 0 Å². The van der Waals surface area contributed by atoms with E-state index in [-0.39, 0.29) is 26.1 Å². The van der Waals surface area contributed by atoms with E-state index in [0.29, 0.717) is 13.2 Å². The van der Waals surface area contributed by atoms with Gasteiger partial charge in [-0.3, -0.25) is 9.59 Å². The van der Waals surface area contributed by atoms with Crippen molar-refractivity contribution in [2.45, 2.75) is 71.1 Å². The molecule has 7 nitrogen and oxygen atoms in total. The number of carbonyl (C=O) groups is 3. The first-order chi connectivity index (χ1) is 12.6. The van der Waals surface area contributed by atoms with Gasteiger partial charge in [-0.15, -0.1) is 0 Å². The van der Waals surface area contributed by atoms with E-state index in [4.69, 9.17) is 19.3 Å². The van der Waals surface area contributed by atoms with Gasteiger partial charge in [0.2, 0.25) is 5.78 Å². The number of hydrogen-bond donors (Lipinski definition) is 1. The van der Waals surface area contributed by atoms with Crippen LogP contribution in [0.4, 0.5) is 0 Å². The summed E-state index contributed by atoms with van der Waals surface area (Å²) < 4.78 is 15.6. The molecule has 0 aromatic heterocycles. The predicted molar refractivity (Wildman–Crippen MR) is 97.1 cm³/mol. The van der Waals surface area contributed by atoms with Gasteiger partial charge in [0, 0.05) is 13.0 Å². The topological polar surface area (TPSA) is 99.1 Å². The normalized spacial score (nSPS) is 10.7. The number of esters is 1. The van der Waals surface area contributed by atoms with Gasteiger partial charge in [-0.2, -0.15) is 0 Å². The number of unbranched alkanes of at least 4 members (excludes halogenated alkanes) is 7. The zero-order valence-corrected chi connectivity index (χ0v) is 16.0. The summed E-state index contributed by atoms with van der Waals surface area (Å²) in [7, 11) is 0. The van der Waals surface area contributed by atoms with Crippen molar-refractivity contribution >= 4 is 17.7 Å². The molecule has 0 heterocycles. The van der Waals surface area contributed by atoms with Gasteiger partial charge in [-0.05, 0) is 6.42 Å². The van der Waals surface area contributed by atoms with Crippen LogP contribution in [0.2, 0.25) is 0 Å². The van der Waals surface area contributed by atoms with Gasteiger partial charge >= 0.3 is 11.9 Å². The Bertz CT molecular complexity index is 382. The molecule has 0 fully saturated rings. The minimum atomic E-state index is -1.53. The summed E-state index contributed by atoms with van der Waals surface area (Å²) in [5.41, 5.74) is 0. The van der Waals surface area contributed by atoms with E-state index in [1.165, 1.54) is 44.9 Å². The molecular formula is C19H34O7. The smallest absolute Gasteiger partial charge is 0.372 e. The van der Waals surface area contributed by atoms with Gasteiger partial charge in [-0.25, -0.2) is 4.79 Å². The Balaban J connectivity index is 3.20. The van der Waals surface area contributed by atoms with Crippen molar-refractivity contribution < 1.29 is 33.7 Å². The highest BCUT2D eigenvalue weighted by Gasteiger charge is 2.13. The molecule has 0 saturated heterocycles. The van der Waals surface area contributed by atoms with Gasteiger partial charge in [0.1, 0.15) is 6.61 Å². The summed E-state index contributed by atoms with van der Waals surface area (Å²) in [4.78, 5) is 32.4. The van der Waals surface area contributed by atoms with E-state index in [2.05, 4.69) is 6.92 Å². The van der Waals surface area contributed by atoms with Crippen LogP contribution in [0.3, 0.4) is 0 Å². The molecule has 0 aliphatic heterocycles. The van der Waals surface area contributed by atoms with Gasteiger partial charge in [0.15, 0.2) is 0 Å².